The summed E-state index contributed by atoms with van der Waals surface area (Å²) < 4.78 is 24.1. The van der Waals surface area contributed by atoms with Gasteiger partial charge >= 0.3 is 0 Å². The molecule has 6 nitrogen and oxygen atoms in total. The van der Waals surface area contributed by atoms with E-state index in [1.165, 1.54) is 42.0 Å². The number of hydrogen-bond acceptors (Lipinski definition) is 6. The number of carbonyl (C=O) groups excluding carboxylic acids is 2. The Balaban J connectivity index is 1.64. The van der Waals surface area contributed by atoms with Crippen molar-refractivity contribution in [2.75, 3.05) is 26.1 Å². The monoisotopic (exact) mass is 446 g/mol. The number of nitrogens with one attached hydrogen (secondary N) is 1. The van der Waals surface area contributed by atoms with Crippen molar-refractivity contribution in [3.8, 4) is 11.5 Å². The number of hydrogen-bond donors (Lipinski definition) is 1. The highest BCUT2D eigenvalue weighted by Gasteiger charge is 2.32. The molecule has 0 aromatic heterocycles. The minimum atomic E-state index is -0.440. The van der Waals surface area contributed by atoms with Crippen molar-refractivity contribution in [3.05, 3.63) is 58.8 Å². The van der Waals surface area contributed by atoms with Gasteiger partial charge in [0.15, 0.2) is 11.5 Å². The van der Waals surface area contributed by atoms with Crippen molar-refractivity contribution in [1.82, 2.24) is 4.90 Å². The number of benzene rings is 2. The number of rotatable bonds is 7. The molecular weight excluding hydrogens is 427 g/mol. The van der Waals surface area contributed by atoms with Gasteiger partial charge in [-0.1, -0.05) is 36.1 Å². The van der Waals surface area contributed by atoms with Crippen molar-refractivity contribution in [3.63, 3.8) is 0 Å². The van der Waals surface area contributed by atoms with Crippen LogP contribution in [0.4, 0.5) is 10.1 Å². The van der Waals surface area contributed by atoms with Gasteiger partial charge in [0, 0.05) is 18.7 Å². The molecule has 30 heavy (non-hydrogen) atoms. The Hall–Kier alpha value is -2.91. The summed E-state index contributed by atoms with van der Waals surface area (Å²) in [6, 6.07) is 10.9. The molecule has 1 saturated heterocycles. The minimum absolute atomic E-state index is 0.0343. The Kier molecular flexibility index (Phi) is 7.07. The molecule has 9 heteroatoms. The third-order valence-corrected chi connectivity index (χ3v) is 5.63. The van der Waals surface area contributed by atoms with Crippen LogP contribution in [0.3, 0.4) is 0 Å². The van der Waals surface area contributed by atoms with Crippen molar-refractivity contribution in [1.29, 1.82) is 0 Å². The first-order valence-corrected chi connectivity index (χ1v) is 10.2. The zero-order valence-corrected chi connectivity index (χ0v) is 17.9. The SMILES string of the molecule is COc1ccc(/C=C2\SC(=S)N(CCC(=O)Nc3cccc(F)c3)C2=O)cc1OC. The average molecular weight is 447 g/mol. The summed E-state index contributed by atoms with van der Waals surface area (Å²) in [5, 5.41) is 2.60. The molecule has 0 saturated carbocycles. The Morgan fingerprint density at radius 2 is 1.97 bits per heavy atom. The van der Waals surface area contributed by atoms with E-state index in [2.05, 4.69) is 5.32 Å². The van der Waals surface area contributed by atoms with Gasteiger partial charge in [-0.05, 0) is 42.0 Å². The Bertz CT molecular complexity index is 1030. The van der Waals surface area contributed by atoms with E-state index in [4.69, 9.17) is 21.7 Å². The first kappa shape index (κ1) is 21.8. The second kappa shape index (κ2) is 9.73. The third kappa shape index (κ3) is 5.17. The maximum Gasteiger partial charge on any atom is 0.266 e. The molecule has 2 aromatic rings. The topological polar surface area (TPSA) is 67.9 Å². The molecular formula is C21H19FN2O4S2. The van der Waals surface area contributed by atoms with Gasteiger partial charge in [-0.25, -0.2) is 4.39 Å². The van der Waals surface area contributed by atoms with Crippen LogP contribution >= 0.6 is 24.0 Å². The van der Waals surface area contributed by atoms with Crippen molar-refractivity contribution in [2.24, 2.45) is 0 Å². The molecule has 2 aromatic carbocycles. The van der Waals surface area contributed by atoms with Gasteiger partial charge in [0.25, 0.3) is 5.91 Å². The predicted molar refractivity (Wildman–Crippen MR) is 119 cm³/mol. The van der Waals surface area contributed by atoms with Crippen LogP contribution in [0.1, 0.15) is 12.0 Å². The first-order chi connectivity index (χ1) is 14.4. The zero-order chi connectivity index (χ0) is 21.7. The molecule has 0 unspecified atom stereocenters. The fraction of sp³-hybridized carbons (Fsp3) is 0.190. The van der Waals surface area contributed by atoms with Gasteiger partial charge in [-0.2, -0.15) is 0 Å². The van der Waals surface area contributed by atoms with Crippen LogP contribution in [0, 0.1) is 5.82 Å². The number of thiocarbonyl (C=S) groups is 1. The molecule has 0 spiro atoms. The molecule has 0 bridgehead atoms. The fourth-order valence-electron chi connectivity index (χ4n) is 2.79. The van der Waals surface area contributed by atoms with Crippen LogP contribution < -0.4 is 14.8 Å². The maximum absolute atomic E-state index is 13.2. The third-order valence-electron chi connectivity index (χ3n) is 4.25. The number of thioether (sulfide) groups is 1. The summed E-state index contributed by atoms with van der Waals surface area (Å²) in [7, 11) is 3.09. The second-order valence-electron chi connectivity index (χ2n) is 6.26. The summed E-state index contributed by atoms with van der Waals surface area (Å²) in [6.45, 7) is 0.134. The van der Waals surface area contributed by atoms with Gasteiger partial charge in [0.05, 0.1) is 19.1 Å². The van der Waals surface area contributed by atoms with Crippen LogP contribution in [-0.2, 0) is 9.59 Å². The highest BCUT2D eigenvalue weighted by molar-refractivity contribution is 8.26. The molecule has 1 fully saturated rings. The summed E-state index contributed by atoms with van der Waals surface area (Å²) in [5.74, 6) is 0.101. The van der Waals surface area contributed by atoms with Crippen molar-refractivity contribution < 1.29 is 23.5 Å². The van der Waals surface area contributed by atoms with E-state index < -0.39 is 5.82 Å². The van der Waals surface area contributed by atoms with Gasteiger partial charge in [-0.3, -0.25) is 14.5 Å². The highest BCUT2D eigenvalue weighted by Crippen LogP contribution is 2.34. The largest absolute Gasteiger partial charge is 0.493 e. The van der Waals surface area contributed by atoms with E-state index in [-0.39, 0.29) is 24.8 Å². The van der Waals surface area contributed by atoms with E-state index in [0.717, 1.165) is 5.56 Å². The van der Waals surface area contributed by atoms with E-state index in [1.54, 1.807) is 37.5 Å². The molecule has 2 amide bonds. The number of anilines is 1. The van der Waals surface area contributed by atoms with Gasteiger partial charge in [-0.15, -0.1) is 0 Å². The number of methoxy groups -OCH3 is 2. The van der Waals surface area contributed by atoms with Crippen LogP contribution in [-0.4, -0.2) is 41.8 Å². The molecule has 3 rings (SSSR count). The lowest BCUT2D eigenvalue weighted by Gasteiger charge is -2.14. The van der Waals surface area contributed by atoms with Crippen LogP contribution in [0.15, 0.2) is 47.4 Å². The number of nitrogens with zero attached hydrogens (tertiary/aromatic N) is 1. The fourth-order valence-corrected chi connectivity index (χ4v) is 4.10. The molecule has 156 valence electrons. The van der Waals surface area contributed by atoms with Crippen LogP contribution in [0.2, 0.25) is 0 Å². The number of halogens is 1. The molecule has 1 heterocycles. The van der Waals surface area contributed by atoms with Crippen molar-refractivity contribution >= 4 is 51.9 Å². The quantitative estimate of drug-likeness (QED) is 0.511. The molecule has 1 aliphatic heterocycles. The Labute approximate surface area is 183 Å². The van der Waals surface area contributed by atoms with Crippen LogP contribution in [0.5, 0.6) is 11.5 Å². The molecule has 0 atom stereocenters. The number of amides is 2. The van der Waals surface area contributed by atoms with Gasteiger partial charge in [0.1, 0.15) is 10.1 Å². The Morgan fingerprint density at radius 1 is 1.20 bits per heavy atom. The predicted octanol–water partition coefficient (Wildman–Crippen LogP) is 4.07. The zero-order valence-electron chi connectivity index (χ0n) is 16.3. The summed E-state index contributed by atoms with van der Waals surface area (Å²) >= 11 is 6.47. The van der Waals surface area contributed by atoms with Crippen molar-refractivity contribution in [2.45, 2.75) is 6.42 Å². The normalized spacial score (nSPS) is 14.9. The van der Waals surface area contributed by atoms with E-state index in [1.807, 2.05) is 0 Å². The van der Waals surface area contributed by atoms with Gasteiger partial charge in [0.2, 0.25) is 5.91 Å². The standard InChI is InChI=1S/C21H19FN2O4S2/c1-27-16-7-6-13(10-17(16)28-2)11-18-20(26)24(21(29)30-18)9-8-19(25)23-15-5-3-4-14(22)12-15/h3-7,10-12H,8-9H2,1-2H3,(H,23,25)/b18-11-. The smallest absolute Gasteiger partial charge is 0.266 e. The lowest BCUT2D eigenvalue weighted by Crippen LogP contribution is -2.31. The van der Waals surface area contributed by atoms with Gasteiger partial charge < -0.3 is 14.8 Å². The average Bonchev–Trinajstić information content (AvgIpc) is 2.99. The Morgan fingerprint density at radius 3 is 2.67 bits per heavy atom. The lowest BCUT2D eigenvalue weighted by molar-refractivity contribution is -0.122. The van der Waals surface area contributed by atoms with E-state index in [0.29, 0.717) is 26.4 Å². The molecule has 1 aliphatic rings. The van der Waals surface area contributed by atoms with Crippen LogP contribution in [0.25, 0.3) is 6.08 Å². The van der Waals surface area contributed by atoms with E-state index >= 15 is 0 Å². The molecule has 1 N–H and O–H groups in total. The highest BCUT2D eigenvalue weighted by atomic mass is 32.2. The second-order valence-corrected chi connectivity index (χ2v) is 7.93. The summed E-state index contributed by atoms with van der Waals surface area (Å²) in [5.41, 5.74) is 1.12. The number of ether oxygens (including phenoxy) is 2. The molecule has 0 aliphatic carbocycles. The molecule has 0 radical (unpaired) electrons. The first-order valence-electron chi connectivity index (χ1n) is 8.94. The maximum atomic E-state index is 13.2. The lowest BCUT2D eigenvalue weighted by atomic mass is 10.2. The summed E-state index contributed by atoms with van der Waals surface area (Å²) in [6.07, 6.45) is 1.75. The number of carbonyl (C=O) groups is 2. The summed E-state index contributed by atoms with van der Waals surface area (Å²) in [4.78, 5) is 26.7. The van der Waals surface area contributed by atoms with E-state index in [9.17, 15) is 14.0 Å². The minimum Gasteiger partial charge on any atom is -0.493 e.